The van der Waals surface area contributed by atoms with Gasteiger partial charge >= 0.3 is 0 Å². The molecule has 2 atom stereocenters. The Morgan fingerprint density at radius 2 is 1.94 bits per heavy atom. The third-order valence-electron chi connectivity index (χ3n) is 6.90. The molecule has 0 amide bonds. The van der Waals surface area contributed by atoms with Gasteiger partial charge in [-0.05, 0) is 45.4 Å². The first-order chi connectivity index (χ1) is 17.1. The highest BCUT2D eigenvalue weighted by Gasteiger charge is 2.49. The Hall–Kier alpha value is -3.21. The van der Waals surface area contributed by atoms with Crippen molar-refractivity contribution in [3.05, 3.63) is 30.1 Å². The van der Waals surface area contributed by atoms with Gasteiger partial charge in [0.05, 0.1) is 23.1 Å². The largest absolute Gasteiger partial charge is 0.371 e. The van der Waals surface area contributed by atoms with Crippen molar-refractivity contribution in [2.24, 2.45) is 4.99 Å². The number of likely N-dealkylation sites (tertiary alicyclic amines) is 1. The fourth-order valence-corrected chi connectivity index (χ4v) is 5.01. The van der Waals surface area contributed by atoms with Crippen LogP contribution in [0.2, 0.25) is 0 Å². The van der Waals surface area contributed by atoms with Crippen LogP contribution in [-0.2, 0) is 0 Å². The summed E-state index contributed by atoms with van der Waals surface area (Å²) in [5.41, 5.74) is 5.02. The van der Waals surface area contributed by atoms with E-state index in [0.29, 0.717) is 24.7 Å². The number of fused-ring (bicyclic) bond motifs is 1. The highest BCUT2D eigenvalue weighted by atomic mass is 19.3. The second-order valence-corrected chi connectivity index (χ2v) is 9.89. The van der Waals surface area contributed by atoms with E-state index in [1.165, 1.54) is 0 Å². The number of nitrogens with one attached hydrogen (secondary N) is 2. The number of aromatic nitrogens is 4. The highest BCUT2D eigenvalue weighted by Crippen LogP contribution is 2.41. The van der Waals surface area contributed by atoms with Crippen molar-refractivity contribution < 1.29 is 13.2 Å². The van der Waals surface area contributed by atoms with Crippen LogP contribution in [0.1, 0.15) is 38.8 Å². The van der Waals surface area contributed by atoms with Crippen molar-refractivity contribution in [3.63, 3.8) is 0 Å². The maximum Gasteiger partial charge on any atom is 0.251 e. The van der Waals surface area contributed by atoms with Crippen molar-refractivity contribution in [2.75, 3.05) is 30.8 Å². The van der Waals surface area contributed by atoms with Crippen LogP contribution in [0.3, 0.4) is 0 Å². The molecule has 36 heavy (non-hydrogen) atoms. The number of alkyl halides is 3. The molecule has 0 bridgehead atoms. The van der Waals surface area contributed by atoms with Crippen molar-refractivity contribution in [3.8, 4) is 11.3 Å². The molecule has 0 spiro atoms. The zero-order valence-electron chi connectivity index (χ0n) is 20.9. The summed E-state index contributed by atoms with van der Waals surface area (Å²) in [4.78, 5) is 15.7. The van der Waals surface area contributed by atoms with E-state index in [-0.39, 0.29) is 25.4 Å². The summed E-state index contributed by atoms with van der Waals surface area (Å²) in [6.45, 7) is 6.52. The van der Waals surface area contributed by atoms with Gasteiger partial charge < -0.3 is 10.6 Å². The molecule has 2 unspecified atom stereocenters. The topological polar surface area (TPSA) is 82.7 Å². The third kappa shape index (κ3) is 4.76. The Labute approximate surface area is 208 Å². The van der Waals surface area contributed by atoms with Gasteiger partial charge in [0.15, 0.2) is 5.82 Å². The molecule has 4 heterocycles. The van der Waals surface area contributed by atoms with Crippen LogP contribution in [0, 0.1) is 6.92 Å². The monoisotopic (exact) mass is 500 g/mol. The number of rotatable bonds is 6. The minimum absolute atomic E-state index is 0.135. The number of anilines is 2. The molecule has 1 saturated heterocycles. The molecule has 1 saturated carbocycles. The van der Waals surface area contributed by atoms with Gasteiger partial charge in [0.25, 0.3) is 5.92 Å². The van der Waals surface area contributed by atoms with E-state index in [0.717, 1.165) is 33.9 Å². The molecule has 1 aliphatic carbocycles. The Morgan fingerprint density at radius 1 is 1.17 bits per heavy atom. The highest BCUT2D eigenvalue weighted by molar-refractivity contribution is 5.88. The smallest absolute Gasteiger partial charge is 0.251 e. The lowest BCUT2D eigenvalue weighted by atomic mass is 9.85. The summed E-state index contributed by atoms with van der Waals surface area (Å²) in [6, 6.07) is 5.08. The second-order valence-electron chi connectivity index (χ2n) is 9.89. The van der Waals surface area contributed by atoms with Gasteiger partial charge in [-0.3, -0.25) is 14.9 Å². The van der Waals surface area contributed by atoms with Crippen molar-refractivity contribution in [2.45, 2.75) is 64.2 Å². The van der Waals surface area contributed by atoms with E-state index < -0.39 is 18.1 Å². The van der Waals surface area contributed by atoms with E-state index in [1.54, 1.807) is 11.6 Å². The van der Waals surface area contributed by atoms with E-state index >= 15 is 0 Å². The van der Waals surface area contributed by atoms with Crippen molar-refractivity contribution in [1.82, 2.24) is 24.5 Å². The van der Waals surface area contributed by atoms with E-state index in [2.05, 4.69) is 25.7 Å². The lowest BCUT2D eigenvalue weighted by Crippen LogP contribution is -2.57. The SMILES string of the molecule is CNc1nc(NC2CCN(C3CC(F)(F)C3)CC2F)nn2ccc(-c3ccc(N=C(C)C)c(C)n3)c12. The molecule has 11 heteroatoms. The van der Waals surface area contributed by atoms with Crippen LogP contribution in [0.25, 0.3) is 16.8 Å². The standard InChI is InChI=1S/C25H31F3N8/c1-14(2)30-19-5-6-20(31-15(19)3)17-7-10-36-22(17)23(29-4)33-24(34-36)32-21-8-9-35(13-18(21)26)16-11-25(27,28)12-16/h5-7,10,16,18,21H,8-9,11-13H2,1-4H3,(H2,29,32,33,34). The van der Waals surface area contributed by atoms with Gasteiger partial charge in [-0.25, -0.2) is 17.7 Å². The molecule has 3 aromatic rings. The van der Waals surface area contributed by atoms with Gasteiger partial charge in [-0.15, -0.1) is 5.10 Å². The maximum absolute atomic E-state index is 15.0. The minimum Gasteiger partial charge on any atom is -0.371 e. The summed E-state index contributed by atoms with van der Waals surface area (Å²) >= 11 is 0. The molecular formula is C25H31F3N8. The zero-order chi connectivity index (χ0) is 25.6. The third-order valence-corrected chi connectivity index (χ3v) is 6.90. The molecule has 8 nitrogen and oxygen atoms in total. The first-order valence-electron chi connectivity index (χ1n) is 12.2. The maximum atomic E-state index is 15.0. The first kappa shape index (κ1) is 24.5. The molecule has 0 aromatic carbocycles. The fraction of sp³-hybridized carbons (Fsp3) is 0.520. The number of nitrogens with zero attached hydrogens (tertiary/aromatic N) is 6. The predicted molar refractivity (Wildman–Crippen MR) is 135 cm³/mol. The Balaban J connectivity index is 1.35. The quantitative estimate of drug-likeness (QED) is 0.470. The van der Waals surface area contributed by atoms with Gasteiger partial charge in [0.1, 0.15) is 11.7 Å². The van der Waals surface area contributed by atoms with Crippen LogP contribution >= 0.6 is 0 Å². The molecule has 2 aliphatic rings. The van der Waals surface area contributed by atoms with E-state index in [9.17, 15) is 13.2 Å². The second kappa shape index (κ2) is 9.34. The van der Waals surface area contributed by atoms with Crippen LogP contribution in [0.15, 0.2) is 29.4 Å². The van der Waals surface area contributed by atoms with Gasteiger partial charge in [0.2, 0.25) is 5.95 Å². The molecule has 2 N–H and O–H groups in total. The molecule has 5 rings (SSSR count). The van der Waals surface area contributed by atoms with Gasteiger partial charge in [-0.2, -0.15) is 4.98 Å². The van der Waals surface area contributed by atoms with Gasteiger partial charge in [-0.1, -0.05) is 0 Å². The lowest BCUT2D eigenvalue weighted by molar-refractivity contribution is -0.131. The summed E-state index contributed by atoms with van der Waals surface area (Å²) < 4.78 is 43.1. The number of piperidine rings is 1. The molecule has 3 aromatic heterocycles. The summed E-state index contributed by atoms with van der Waals surface area (Å²) in [6.07, 6.45) is 0.754. The molecular weight excluding hydrogens is 469 g/mol. The first-order valence-corrected chi connectivity index (χ1v) is 12.2. The fourth-order valence-electron chi connectivity index (χ4n) is 5.01. The van der Waals surface area contributed by atoms with Crippen LogP contribution in [0.4, 0.5) is 30.6 Å². The molecule has 2 fully saturated rings. The minimum atomic E-state index is -2.60. The van der Waals surface area contributed by atoms with E-state index in [1.807, 2.05) is 50.1 Å². The zero-order valence-corrected chi connectivity index (χ0v) is 20.9. The van der Waals surface area contributed by atoms with Crippen molar-refractivity contribution in [1.29, 1.82) is 0 Å². The number of aryl methyl sites for hydroxylation is 1. The number of aliphatic imine (C=N–C) groups is 1. The lowest BCUT2D eigenvalue weighted by Gasteiger charge is -2.46. The van der Waals surface area contributed by atoms with Crippen LogP contribution in [0.5, 0.6) is 0 Å². The predicted octanol–water partition coefficient (Wildman–Crippen LogP) is 4.88. The van der Waals surface area contributed by atoms with Crippen molar-refractivity contribution >= 4 is 28.7 Å². The number of pyridine rings is 1. The average molecular weight is 501 g/mol. The summed E-state index contributed by atoms with van der Waals surface area (Å²) in [5, 5.41) is 10.8. The molecule has 192 valence electrons. The molecule has 1 aliphatic heterocycles. The van der Waals surface area contributed by atoms with Gasteiger partial charge in [0, 0.05) is 56.5 Å². The van der Waals surface area contributed by atoms with E-state index in [4.69, 9.17) is 4.98 Å². The molecule has 0 radical (unpaired) electrons. The van der Waals surface area contributed by atoms with Crippen LogP contribution in [-0.4, -0.2) is 74.5 Å². The Bertz CT molecular complexity index is 1290. The Morgan fingerprint density at radius 3 is 2.58 bits per heavy atom. The number of hydrogen-bond acceptors (Lipinski definition) is 7. The average Bonchev–Trinajstić information content (AvgIpc) is 3.23. The summed E-state index contributed by atoms with van der Waals surface area (Å²) in [7, 11) is 1.77. The Kier molecular flexibility index (Phi) is 6.36. The van der Waals surface area contributed by atoms with Crippen LogP contribution < -0.4 is 10.6 Å². The summed E-state index contributed by atoms with van der Waals surface area (Å²) in [5.74, 6) is -1.72. The number of hydrogen-bond donors (Lipinski definition) is 2. The normalized spacial score (nSPS) is 22.3. The number of halogens is 3.